The molecule has 4 N–H and O–H groups in total. The predicted molar refractivity (Wildman–Crippen MR) is 78.4 cm³/mol. The fourth-order valence-corrected chi connectivity index (χ4v) is 2.14. The maximum atomic E-state index is 12.3. The maximum Gasteiger partial charge on any atom is 0.255 e. The molecule has 1 heterocycles. The Bertz CT molecular complexity index is 763. The van der Waals surface area contributed by atoms with Gasteiger partial charge in [-0.15, -0.1) is 0 Å². The Balaban J connectivity index is 1.88. The second-order valence-electron chi connectivity index (χ2n) is 4.49. The van der Waals surface area contributed by atoms with Crippen molar-refractivity contribution in [3.8, 4) is 0 Å². The normalized spacial score (nSPS) is 10.7. The van der Waals surface area contributed by atoms with Gasteiger partial charge in [-0.3, -0.25) is 9.89 Å². The molecule has 0 fully saturated rings. The van der Waals surface area contributed by atoms with Crippen LogP contribution in [0.15, 0.2) is 48.7 Å². The van der Waals surface area contributed by atoms with Gasteiger partial charge in [-0.2, -0.15) is 5.10 Å². The van der Waals surface area contributed by atoms with Gasteiger partial charge in [0.2, 0.25) is 0 Å². The molecule has 0 atom stereocenters. The number of nitrogens with one attached hydrogen (secondary N) is 2. The summed E-state index contributed by atoms with van der Waals surface area (Å²) >= 11 is 0. The van der Waals surface area contributed by atoms with Crippen LogP contribution in [0.3, 0.4) is 0 Å². The number of hydrogen-bond donors (Lipinski definition) is 3. The van der Waals surface area contributed by atoms with Crippen LogP contribution < -0.4 is 11.1 Å². The van der Waals surface area contributed by atoms with E-state index in [9.17, 15) is 4.79 Å². The lowest BCUT2D eigenvalue weighted by molar-refractivity contribution is 0.102. The van der Waals surface area contributed by atoms with E-state index < -0.39 is 0 Å². The Labute approximate surface area is 115 Å². The highest BCUT2D eigenvalue weighted by Crippen LogP contribution is 2.18. The van der Waals surface area contributed by atoms with E-state index in [4.69, 9.17) is 5.73 Å². The first-order valence-corrected chi connectivity index (χ1v) is 6.30. The first-order chi connectivity index (χ1) is 9.78. The number of aromatic amines is 1. The number of rotatable bonds is 3. The van der Waals surface area contributed by atoms with Crippen LogP contribution in [0.5, 0.6) is 0 Å². The summed E-state index contributed by atoms with van der Waals surface area (Å²) in [5, 5.41) is 10.7. The number of benzene rings is 2. The number of aromatic nitrogens is 2. The summed E-state index contributed by atoms with van der Waals surface area (Å²) in [6.07, 6.45) is 1.72. The van der Waals surface area contributed by atoms with Gasteiger partial charge < -0.3 is 11.1 Å². The van der Waals surface area contributed by atoms with E-state index in [0.717, 1.165) is 22.2 Å². The number of fused-ring (bicyclic) bond motifs is 1. The Morgan fingerprint density at radius 2 is 2.10 bits per heavy atom. The number of hydrogen-bond acceptors (Lipinski definition) is 3. The van der Waals surface area contributed by atoms with E-state index in [1.165, 1.54) is 0 Å². The molecule has 0 aliphatic rings. The fraction of sp³-hybridized carbons (Fsp3) is 0.0667. The van der Waals surface area contributed by atoms with Crippen molar-refractivity contribution in [1.29, 1.82) is 0 Å². The topological polar surface area (TPSA) is 83.8 Å². The van der Waals surface area contributed by atoms with Crippen LogP contribution in [0.4, 0.5) is 5.69 Å². The summed E-state index contributed by atoms with van der Waals surface area (Å²) < 4.78 is 0. The Kier molecular flexibility index (Phi) is 3.18. The van der Waals surface area contributed by atoms with E-state index in [-0.39, 0.29) is 5.91 Å². The summed E-state index contributed by atoms with van der Waals surface area (Å²) in [5.41, 5.74) is 8.75. The highest BCUT2D eigenvalue weighted by Gasteiger charge is 2.10. The van der Waals surface area contributed by atoms with Gasteiger partial charge in [-0.1, -0.05) is 18.2 Å². The Hall–Kier alpha value is -2.66. The predicted octanol–water partition coefficient (Wildman–Crippen LogP) is 2.27. The highest BCUT2D eigenvalue weighted by molar-refractivity contribution is 6.06. The molecule has 1 aromatic heterocycles. The largest absolute Gasteiger partial charge is 0.326 e. The molecule has 3 rings (SSSR count). The summed E-state index contributed by atoms with van der Waals surface area (Å²) in [7, 11) is 0. The first-order valence-electron chi connectivity index (χ1n) is 6.30. The molecule has 100 valence electrons. The number of carbonyl (C=O) groups is 1. The molecule has 0 spiro atoms. The van der Waals surface area contributed by atoms with Crippen molar-refractivity contribution in [2.24, 2.45) is 5.73 Å². The molecule has 0 unspecified atom stereocenters. The average molecular weight is 266 g/mol. The van der Waals surface area contributed by atoms with Gasteiger partial charge in [0.05, 0.1) is 11.7 Å². The molecule has 5 heteroatoms. The molecule has 0 aliphatic heterocycles. The minimum Gasteiger partial charge on any atom is -0.326 e. The lowest BCUT2D eigenvalue weighted by atomic mass is 10.1. The molecular formula is C15H14N4O. The molecule has 1 amide bonds. The zero-order chi connectivity index (χ0) is 13.9. The van der Waals surface area contributed by atoms with Crippen molar-refractivity contribution >= 4 is 22.5 Å². The SMILES string of the molecule is NCc1ccccc1C(=O)Nc1ccc2[nH]ncc2c1. The van der Waals surface area contributed by atoms with Crippen molar-refractivity contribution in [2.45, 2.75) is 6.54 Å². The molecule has 20 heavy (non-hydrogen) atoms. The summed E-state index contributed by atoms with van der Waals surface area (Å²) in [5.74, 6) is -0.158. The molecule has 3 aromatic rings. The molecule has 2 aromatic carbocycles. The van der Waals surface area contributed by atoms with Crippen molar-refractivity contribution in [3.63, 3.8) is 0 Å². The molecule has 0 saturated carbocycles. The quantitative estimate of drug-likeness (QED) is 0.680. The summed E-state index contributed by atoms with van der Waals surface area (Å²) in [6.45, 7) is 0.338. The zero-order valence-corrected chi connectivity index (χ0v) is 10.8. The second kappa shape index (κ2) is 5.14. The van der Waals surface area contributed by atoms with Gasteiger partial charge in [-0.05, 0) is 29.8 Å². The van der Waals surface area contributed by atoms with Gasteiger partial charge >= 0.3 is 0 Å². The Morgan fingerprint density at radius 1 is 1.25 bits per heavy atom. The van der Waals surface area contributed by atoms with Gasteiger partial charge in [0, 0.05) is 23.2 Å². The van der Waals surface area contributed by atoms with Gasteiger partial charge in [0.15, 0.2) is 0 Å². The molecular weight excluding hydrogens is 252 g/mol. The van der Waals surface area contributed by atoms with E-state index in [1.807, 2.05) is 36.4 Å². The van der Waals surface area contributed by atoms with Gasteiger partial charge in [0.25, 0.3) is 5.91 Å². The monoisotopic (exact) mass is 266 g/mol. The summed E-state index contributed by atoms with van der Waals surface area (Å²) in [6, 6.07) is 12.9. The van der Waals surface area contributed by atoms with Crippen LogP contribution in [0, 0.1) is 0 Å². The molecule has 0 radical (unpaired) electrons. The molecule has 5 nitrogen and oxygen atoms in total. The van der Waals surface area contributed by atoms with Crippen LogP contribution in [-0.4, -0.2) is 16.1 Å². The Morgan fingerprint density at radius 3 is 2.95 bits per heavy atom. The fourth-order valence-electron chi connectivity index (χ4n) is 2.14. The smallest absolute Gasteiger partial charge is 0.255 e. The number of H-pyrrole nitrogens is 1. The third kappa shape index (κ3) is 2.26. The van der Waals surface area contributed by atoms with Crippen molar-refractivity contribution < 1.29 is 4.79 Å². The molecule has 0 saturated heterocycles. The van der Waals surface area contributed by atoms with E-state index in [1.54, 1.807) is 12.3 Å². The molecule has 0 bridgehead atoms. The van der Waals surface area contributed by atoms with Crippen molar-refractivity contribution in [2.75, 3.05) is 5.32 Å². The van der Waals surface area contributed by atoms with Gasteiger partial charge in [0.1, 0.15) is 0 Å². The first kappa shape index (κ1) is 12.4. The number of anilines is 1. The van der Waals surface area contributed by atoms with E-state index in [0.29, 0.717) is 12.1 Å². The zero-order valence-electron chi connectivity index (χ0n) is 10.8. The lowest BCUT2D eigenvalue weighted by Gasteiger charge is -2.08. The highest BCUT2D eigenvalue weighted by atomic mass is 16.1. The van der Waals surface area contributed by atoms with Crippen LogP contribution in [0.25, 0.3) is 10.9 Å². The summed E-state index contributed by atoms with van der Waals surface area (Å²) in [4.78, 5) is 12.3. The number of nitrogens with two attached hydrogens (primary N) is 1. The average Bonchev–Trinajstić information content (AvgIpc) is 2.94. The van der Waals surface area contributed by atoms with Crippen molar-refractivity contribution in [3.05, 3.63) is 59.8 Å². The minimum absolute atomic E-state index is 0.158. The lowest BCUT2D eigenvalue weighted by Crippen LogP contribution is -2.15. The van der Waals surface area contributed by atoms with E-state index in [2.05, 4.69) is 15.5 Å². The third-order valence-corrected chi connectivity index (χ3v) is 3.18. The van der Waals surface area contributed by atoms with Gasteiger partial charge in [-0.25, -0.2) is 0 Å². The van der Waals surface area contributed by atoms with Crippen LogP contribution >= 0.6 is 0 Å². The molecule has 0 aliphatic carbocycles. The van der Waals surface area contributed by atoms with Crippen molar-refractivity contribution in [1.82, 2.24) is 10.2 Å². The van der Waals surface area contributed by atoms with Crippen LogP contribution in [0.2, 0.25) is 0 Å². The maximum absolute atomic E-state index is 12.3. The van der Waals surface area contributed by atoms with Crippen LogP contribution in [-0.2, 0) is 6.54 Å². The number of carbonyl (C=O) groups excluding carboxylic acids is 1. The van der Waals surface area contributed by atoms with E-state index >= 15 is 0 Å². The standard InChI is InChI=1S/C15H14N4O/c16-8-10-3-1-2-4-13(10)15(20)18-12-5-6-14-11(7-12)9-17-19-14/h1-7,9H,8,16H2,(H,17,19)(H,18,20). The van der Waals surface area contributed by atoms with Crippen LogP contribution in [0.1, 0.15) is 15.9 Å². The number of nitrogens with zero attached hydrogens (tertiary/aromatic N) is 1. The second-order valence-corrected chi connectivity index (χ2v) is 4.49. The number of amides is 1. The third-order valence-electron chi connectivity index (χ3n) is 3.18. The minimum atomic E-state index is -0.158.